The number of hydrogen-bond donors (Lipinski definition) is 0. The van der Waals surface area contributed by atoms with E-state index in [1.807, 2.05) is 6.07 Å². The van der Waals surface area contributed by atoms with Crippen LogP contribution in [0.15, 0.2) is 36.7 Å². The first-order chi connectivity index (χ1) is 7.81. The zero-order valence-corrected chi connectivity index (χ0v) is 8.39. The van der Waals surface area contributed by atoms with Gasteiger partial charge in [0.25, 0.3) is 0 Å². The molecule has 3 nitrogen and oxygen atoms in total. The largest absolute Gasteiger partial charge is 0.264 e. The second kappa shape index (κ2) is 4.49. The predicted octanol–water partition coefficient (Wildman–Crippen LogP) is 2.35. The summed E-state index contributed by atoms with van der Waals surface area (Å²) >= 11 is 0. The molecule has 0 fully saturated rings. The van der Waals surface area contributed by atoms with Crippen molar-refractivity contribution in [2.75, 3.05) is 0 Å². The summed E-state index contributed by atoms with van der Waals surface area (Å²) in [5.41, 5.74) is 1.41. The van der Waals surface area contributed by atoms with E-state index >= 15 is 0 Å². The van der Waals surface area contributed by atoms with Gasteiger partial charge in [-0.25, -0.2) is 9.37 Å². The molecular weight excluding hydrogens is 205 g/mol. The molecule has 2 aromatic rings. The van der Waals surface area contributed by atoms with Crippen LogP contribution in [-0.2, 0) is 6.42 Å². The van der Waals surface area contributed by atoms with E-state index in [-0.39, 0.29) is 12.1 Å². The molecule has 0 aliphatic heterocycles. The third kappa shape index (κ3) is 2.04. The van der Waals surface area contributed by atoms with E-state index in [1.54, 1.807) is 24.5 Å². The minimum atomic E-state index is -0.408. The van der Waals surface area contributed by atoms with E-state index in [0.717, 1.165) is 0 Å². The van der Waals surface area contributed by atoms with Gasteiger partial charge in [0.15, 0.2) is 0 Å². The monoisotopic (exact) mass is 213 g/mol. The van der Waals surface area contributed by atoms with Gasteiger partial charge in [-0.05, 0) is 24.3 Å². The Morgan fingerprint density at radius 3 is 2.88 bits per heavy atom. The Kier molecular flexibility index (Phi) is 2.88. The number of pyridine rings is 2. The van der Waals surface area contributed by atoms with Crippen LogP contribution in [-0.4, -0.2) is 9.97 Å². The molecule has 0 aromatic carbocycles. The van der Waals surface area contributed by atoms with Crippen LogP contribution in [0.1, 0.15) is 5.69 Å². The Hall–Kier alpha value is -2.28. The van der Waals surface area contributed by atoms with E-state index in [0.29, 0.717) is 11.3 Å². The lowest BCUT2D eigenvalue weighted by atomic mass is 10.1. The normalized spacial score (nSPS) is 9.75. The van der Waals surface area contributed by atoms with Crippen molar-refractivity contribution in [3.05, 3.63) is 48.2 Å². The summed E-state index contributed by atoms with van der Waals surface area (Å²) in [7, 11) is 0. The second-order valence-electron chi connectivity index (χ2n) is 3.21. The van der Waals surface area contributed by atoms with Crippen molar-refractivity contribution in [3.8, 4) is 17.3 Å². The molecule has 0 radical (unpaired) electrons. The fraction of sp³-hybridized carbons (Fsp3) is 0.0833. The van der Waals surface area contributed by atoms with E-state index in [2.05, 4.69) is 9.97 Å². The predicted molar refractivity (Wildman–Crippen MR) is 56.7 cm³/mol. The van der Waals surface area contributed by atoms with Crippen molar-refractivity contribution in [1.82, 2.24) is 9.97 Å². The molecule has 0 aliphatic carbocycles. The molecule has 0 atom stereocenters. The quantitative estimate of drug-likeness (QED) is 0.769. The lowest BCUT2D eigenvalue weighted by Gasteiger charge is -2.03. The van der Waals surface area contributed by atoms with Gasteiger partial charge in [0, 0.05) is 18.0 Å². The first-order valence-corrected chi connectivity index (χ1v) is 4.74. The molecule has 2 aromatic heterocycles. The highest BCUT2D eigenvalue weighted by Gasteiger charge is 2.07. The average Bonchev–Trinajstić information content (AvgIpc) is 2.33. The molecule has 0 spiro atoms. The summed E-state index contributed by atoms with van der Waals surface area (Å²) in [5, 5.41) is 8.55. The molecule has 0 amide bonds. The van der Waals surface area contributed by atoms with Crippen LogP contribution in [0.5, 0.6) is 0 Å². The minimum absolute atomic E-state index is 0.174. The van der Waals surface area contributed by atoms with Crippen molar-refractivity contribution in [3.63, 3.8) is 0 Å². The van der Waals surface area contributed by atoms with Crippen LogP contribution in [0, 0.1) is 17.1 Å². The van der Waals surface area contributed by atoms with Gasteiger partial charge in [0.05, 0.1) is 18.2 Å². The standard InChI is InChI=1S/C12H8FN3/c13-11-4-3-10(5-6-14)16-12(11)9-2-1-7-15-8-9/h1-4,7-8H,5H2. The lowest BCUT2D eigenvalue weighted by molar-refractivity contribution is 0.624. The molecular formula is C12H8FN3. The van der Waals surface area contributed by atoms with Crippen LogP contribution >= 0.6 is 0 Å². The fourth-order valence-electron chi connectivity index (χ4n) is 1.37. The van der Waals surface area contributed by atoms with Gasteiger partial charge in [-0.15, -0.1) is 0 Å². The molecule has 2 heterocycles. The maximum Gasteiger partial charge on any atom is 0.149 e. The van der Waals surface area contributed by atoms with E-state index in [1.165, 1.54) is 12.1 Å². The number of nitrogens with zero attached hydrogens (tertiary/aromatic N) is 3. The van der Waals surface area contributed by atoms with Crippen LogP contribution in [0.25, 0.3) is 11.3 Å². The van der Waals surface area contributed by atoms with Crippen molar-refractivity contribution in [1.29, 1.82) is 5.26 Å². The number of nitriles is 1. The first-order valence-electron chi connectivity index (χ1n) is 4.74. The SMILES string of the molecule is N#CCc1ccc(F)c(-c2cccnc2)n1. The summed E-state index contributed by atoms with van der Waals surface area (Å²) in [6.45, 7) is 0. The molecule has 16 heavy (non-hydrogen) atoms. The van der Waals surface area contributed by atoms with Gasteiger partial charge in [-0.2, -0.15) is 5.26 Å². The smallest absolute Gasteiger partial charge is 0.149 e. The summed E-state index contributed by atoms with van der Waals surface area (Å²) in [6.07, 6.45) is 3.33. The van der Waals surface area contributed by atoms with Crippen molar-refractivity contribution in [2.24, 2.45) is 0 Å². The number of aromatic nitrogens is 2. The van der Waals surface area contributed by atoms with E-state index < -0.39 is 5.82 Å². The molecule has 0 aliphatic rings. The maximum atomic E-state index is 13.5. The van der Waals surface area contributed by atoms with Crippen LogP contribution in [0.2, 0.25) is 0 Å². The highest BCUT2D eigenvalue weighted by molar-refractivity contribution is 5.58. The molecule has 0 bridgehead atoms. The van der Waals surface area contributed by atoms with Crippen molar-refractivity contribution >= 4 is 0 Å². The minimum Gasteiger partial charge on any atom is -0.264 e. The molecule has 0 saturated heterocycles. The maximum absolute atomic E-state index is 13.5. The second-order valence-corrected chi connectivity index (χ2v) is 3.21. The molecule has 0 N–H and O–H groups in total. The summed E-state index contributed by atoms with van der Waals surface area (Å²) in [4.78, 5) is 8.00. The van der Waals surface area contributed by atoms with Gasteiger partial charge in [-0.3, -0.25) is 4.98 Å². The van der Waals surface area contributed by atoms with E-state index in [4.69, 9.17) is 5.26 Å². The average molecular weight is 213 g/mol. The number of halogens is 1. The zero-order chi connectivity index (χ0) is 11.4. The molecule has 4 heteroatoms. The Morgan fingerprint density at radius 2 is 2.19 bits per heavy atom. The topological polar surface area (TPSA) is 49.6 Å². The number of hydrogen-bond acceptors (Lipinski definition) is 3. The van der Waals surface area contributed by atoms with Crippen molar-refractivity contribution in [2.45, 2.75) is 6.42 Å². The van der Waals surface area contributed by atoms with Gasteiger partial charge in [0.1, 0.15) is 11.5 Å². The molecule has 2 rings (SSSR count). The van der Waals surface area contributed by atoms with Gasteiger partial charge in [-0.1, -0.05) is 0 Å². The summed E-state index contributed by atoms with van der Waals surface area (Å²) < 4.78 is 13.5. The third-order valence-electron chi connectivity index (χ3n) is 2.10. The van der Waals surface area contributed by atoms with Crippen molar-refractivity contribution < 1.29 is 4.39 Å². The molecule has 78 valence electrons. The first kappa shape index (κ1) is 10.2. The van der Waals surface area contributed by atoms with Crippen LogP contribution in [0.3, 0.4) is 0 Å². The lowest BCUT2D eigenvalue weighted by Crippen LogP contribution is -1.95. The Balaban J connectivity index is 2.48. The highest BCUT2D eigenvalue weighted by Crippen LogP contribution is 2.19. The molecule has 0 unspecified atom stereocenters. The van der Waals surface area contributed by atoms with Crippen LogP contribution < -0.4 is 0 Å². The molecule has 0 saturated carbocycles. The Labute approximate surface area is 92.2 Å². The van der Waals surface area contributed by atoms with Gasteiger partial charge < -0.3 is 0 Å². The van der Waals surface area contributed by atoms with Gasteiger partial charge in [0.2, 0.25) is 0 Å². The summed E-state index contributed by atoms with van der Waals surface area (Å²) in [5.74, 6) is -0.408. The van der Waals surface area contributed by atoms with E-state index in [9.17, 15) is 4.39 Å². The van der Waals surface area contributed by atoms with Crippen LogP contribution in [0.4, 0.5) is 4.39 Å². The fourth-order valence-corrected chi connectivity index (χ4v) is 1.37. The summed E-state index contributed by atoms with van der Waals surface area (Å²) in [6, 6.07) is 8.26. The number of rotatable bonds is 2. The Bertz CT molecular complexity index is 532. The third-order valence-corrected chi connectivity index (χ3v) is 2.10. The highest BCUT2D eigenvalue weighted by atomic mass is 19.1. The Morgan fingerprint density at radius 1 is 1.31 bits per heavy atom. The van der Waals surface area contributed by atoms with Gasteiger partial charge >= 0.3 is 0 Å². The zero-order valence-electron chi connectivity index (χ0n) is 8.39.